The second-order valence-electron chi connectivity index (χ2n) is 4.40. The minimum absolute atomic E-state index is 0.0196. The fourth-order valence-corrected chi connectivity index (χ4v) is 2.49. The van der Waals surface area contributed by atoms with E-state index >= 15 is 0 Å². The van der Waals surface area contributed by atoms with E-state index in [2.05, 4.69) is 18.3 Å². The van der Waals surface area contributed by atoms with E-state index in [-0.39, 0.29) is 11.2 Å². The molecule has 0 saturated carbocycles. The first kappa shape index (κ1) is 15.6. The highest BCUT2D eigenvalue weighted by Crippen LogP contribution is 2.16. The van der Waals surface area contributed by atoms with Gasteiger partial charge >= 0.3 is 0 Å². The molecule has 1 unspecified atom stereocenters. The van der Waals surface area contributed by atoms with E-state index in [9.17, 15) is 4.79 Å². The SMILES string of the molecule is CCCCCSC(C)C(=O)Nc1ccc(C#N)cc1. The van der Waals surface area contributed by atoms with Gasteiger partial charge < -0.3 is 5.32 Å². The van der Waals surface area contributed by atoms with Gasteiger partial charge in [-0.3, -0.25) is 4.79 Å². The van der Waals surface area contributed by atoms with Crippen molar-refractivity contribution in [3.63, 3.8) is 0 Å². The molecular weight excluding hydrogens is 256 g/mol. The van der Waals surface area contributed by atoms with Crippen molar-refractivity contribution in [2.75, 3.05) is 11.1 Å². The van der Waals surface area contributed by atoms with Crippen molar-refractivity contribution >= 4 is 23.4 Å². The van der Waals surface area contributed by atoms with Gasteiger partial charge in [0.05, 0.1) is 16.9 Å². The molecule has 1 amide bonds. The average Bonchev–Trinajstić information content (AvgIpc) is 2.44. The molecular formula is C15H20N2OS. The number of anilines is 1. The number of unbranched alkanes of at least 4 members (excludes halogenated alkanes) is 2. The number of carbonyl (C=O) groups excluding carboxylic acids is 1. The van der Waals surface area contributed by atoms with Crippen LogP contribution < -0.4 is 5.32 Å². The number of thioether (sulfide) groups is 1. The van der Waals surface area contributed by atoms with Crippen LogP contribution in [-0.2, 0) is 4.79 Å². The third-order valence-corrected chi connectivity index (χ3v) is 4.00. The first-order valence-electron chi connectivity index (χ1n) is 6.60. The highest BCUT2D eigenvalue weighted by molar-refractivity contribution is 8.00. The Bertz CT molecular complexity index is 436. The average molecular weight is 276 g/mol. The van der Waals surface area contributed by atoms with Crippen LogP contribution in [0.3, 0.4) is 0 Å². The Labute approximate surface area is 119 Å². The highest BCUT2D eigenvalue weighted by Gasteiger charge is 2.12. The molecule has 1 atom stereocenters. The maximum absolute atomic E-state index is 11.9. The summed E-state index contributed by atoms with van der Waals surface area (Å²) in [7, 11) is 0. The largest absolute Gasteiger partial charge is 0.325 e. The molecule has 0 saturated heterocycles. The number of hydrogen-bond donors (Lipinski definition) is 1. The third-order valence-electron chi connectivity index (χ3n) is 2.77. The van der Waals surface area contributed by atoms with E-state index in [1.807, 2.05) is 6.92 Å². The summed E-state index contributed by atoms with van der Waals surface area (Å²) >= 11 is 1.69. The number of amides is 1. The third kappa shape index (κ3) is 5.80. The van der Waals surface area contributed by atoms with Gasteiger partial charge in [0.1, 0.15) is 0 Å². The molecule has 0 aromatic heterocycles. The van der Waals surface area contributed by atoms with Gasteiger partial charge in [0, 0.05) is 5.69 Å². The molecule has 0 fully saturated rings. The van der Waals surface area contributed by atoms with Crippen LogP contribution in [0.15, 0.2) is 24.3 Å². The summed E-state index contributed by atoms with van der Waals surface area (Å²) in [6.45, 7) is 4.10. The zero-order valence-electron chi connectivity index (χ0n) is 11.5. The molecule has 19 heavy (non-hydrogen) atoms. The Balaban J connectivity index is 2.38. The number of hydrogen-bond acceptors (Lipinski definition) is 3. The summed E-state index contributed by atoms with van der Waals surface area (Å²) in [5.41, 5.74) is 1.34. The fraction of sp³-hybridized carbons (Fsp3) is 0.467. The molecule has 1 N–H and O–H groups in total. The number of benzene rings is 1. The lowest BCUT2D eigenvalue weighted by atomic mass is 10.2. The van der Waals surface area contributed by atoms with Crippen LogP contribution in [0.2, 0.25) is 0 Å². The lowest BCUT2D eigenvalue weighted by molar-refractivity contribution is -0.115. The second-order valence-corrected chi connectivity index (χ2v) is 5.85. The van der Waals surface area contributed by atoms with Crippen molar-refractivity contribution in [1.82, 2.24) is 0 Å². The van der Waals surface area contributed by atoms with E-state index in [0.29, 0.717) is 5.56 Å². The van der Waals surface area contributed by atoms with Crippen molar-refractivity contribution < 1.29 is 4.79 Å². The summed E-state index contributed by atoms with van der Waals surface area (Å²) in [6.07, 6.45) is 3.58. The molecule has 3 nitrogen and oxygen atoms in total. The predicted molar refractivity (Wildman–Crippen MR) is 81.2 cm³/mol. The molecule has 1 aromatic carbocycles. The Kier molecular flexibility index (Phi) is 7.06. The minimum Gasteiger partial charge on any atom is -0.325 e. The summed E-state index contributed by atoms with van der Waals surface area (Å²) < 4.78 is 0. The zero-order chi connectivity index (χ0) is 14.1. The van der Waals surface area contributed by atoms with Crippen LogP contribution in [0.1, 0.15) is 38.7 Å². The van der Waals surface area contributed by atoms with Gasteiger partial charge in [-0.1, -0.05) is 19.8 Å². The Morgan fingerprint density at radius 3 is 2.63 bits per heavy atom. The lowest BCUT2D eigenvalue weighted by Crippen LogP contribution is -2.22. The molecule has 1 rings (SSSR count). The molecule has 1 aromatic rings. The van der Waals surface area contributed by atoms with Crippen LogP contribution >= 0.6 is 11.8 Å². The predicted octanol–water partition coefficient (Wildman–Crippen LogP) is 3.81. The molecule has 0 radical (unpaired) electrons. The smallest absolute Gasteiger partial charge is 0.237 e. The Morgan fingerprint density at radius 2 is 2.05 bits per heavy atom. The van der Waals surface area contributed by atoms with Gasteiger partial charge in [-0.15, -0.1) is 11.8 Å². The fourth-order valence-electron chi connectivity index (χ4n) is 1.56. The van der Waals surface area contributed by atoms with E-state index in [0.717, 1.165) is 17.9 Å². The van der Waals surface area contributed by atoms with Gasteiger partial charge in [-0.25, -0.2) is 0 Å². The van der Waals surface area contributed by atoms with E-state index < -0.39 is 0 Å². The van der Waals surface area contributed by atoms with Gasteiger partial charge in [-0.05, 0) is 43.4 Å². The van der Waals surface area contributed by atoms with Crippen molar-refractivity contribution in [3.8, 4) is 6.07 Å². The maximum Gasteiger partial charge on any atom is 0.237 e. The van der Waals surface area contributed by atoms with E-state index in [4.69, 9.17) is 5.26 Å². The first-order valence-corrected chi connectivity index (χ1v) is 7.65. The maximum atomic E-state index is 11.9. The summed E-state index contributed by atoms with van der Waals surface area (Å²) in [5.74, 6) is 1.04. The topological polar surface area (TPSA) is 52.9 Å². The van der Waals surface area contributed by atoms with Crippen LogP contribution in [0.5, 0.6) is 0 Å². The van der Waals surface area contributed by atoms with Crippen molar-refractivity contribution in [2.24, 2.45) is 0 Å². The second kappa shape index (κ2) is 8.60. The van der Waals surface area contributed by atoms with Crippen LogP contribution in [0.4, 0.5) is 5.69 Å². The van der Waals surface area contributed by atoms with Gasteiger partial charge in [0.15, 0.2) is 0 Å². The molecule has 0 aliphatic heterocycles. The van der Waals surface area contributed by atoms with Crippen molar-refractivity contribution in [1.29, 1.82) is 5.26 Å². The number of nitrogens with zero attached hydrogens (tertiary/aromatic N) is 1. The zero-order valence-corrected chi connectivity index (χ0v) is 12.3. The van der Waals surface area contributed by atoms with E-state index in [1.165, 1.54) is 12.8 Å². The van der Waals surface area contributed by atoms with Gasteiger partial charge in [0.25, 0.3) is 0 Å². The molecule has 0 bridgehead atoms. The number of nitrogens with one attached hydrogen (secondary N) is 1. The monoisotopic (exact) mass is 276 g/mol. The van der Waals surface area contributed by atoms with Crippen molar-refractivity contribution in [3.05, 3.63) is 29.8 Å². The molecule has 102 valence electrons. The van der Waals surface area contributed by atoms with Gasteiger partial charge in [-0.2, -0.15) is 5.26 Å². The normalized spacial score (nSPS) is 11.6. The number of nitriles is 1. The van der Waals surface area contributed by atoms with E-state index in [1.54, 1.807) is 36.0 Å². The molecule has 0 heterocycles. The lowest BCUT2D eigenvalue weighted by Gasteiger charge is -2.11. The number of rotatable bonds is 7. The quantitative estimate of drug-likeness (QED) is 0.770. The highest BCUT2D eigenvalue weighted by atomic mass is 32.2. The Hall–Kier alpha value is -1.47. The molecule has 0 spiro atoms. The van der Waals surface area contributed by atoms with Crippen LogP contribution in [-0.4, -0.2) is 16.9 Å². The Morgan fingerprint density at radius 1 is 1.37 bits per heavy atom. The molecule has 4 heteroatoms. The summed E-state index contributed by atoms with van der Waals surface area (Å²) in [6, 6.07) is 8.97. The minimum atomic E-state index is -0.0486. The summed E-state index contributed by atoms with van der Waals surface area (Å²) in [4.78, 5) is 11.9. The molecule has 0 aliphatic carbocycles. The molecule has 0 aliphatic rings. The van der Waals surface area contributed by atoms with Crippen LogP contribution in [0.25, 0.3) is 0 Å². The first-order chi connectivity index (χ1) is 9.17. The van der Waals surface area contributed by atoms with Gasteiger partial charge in [0.2, 0.25) is 5.91 Å². The number of carbonyl (C=O) groups is 1. The standard InChI is InChI=1S/C15H20N2OS/c1-3-4-5-10-19-12(2)15(18)17-14-8-6-13(11-16)7-9-14/h6-9,12H,3-5,10H2,1-2H3,(H,17,18). The van der Waals surface area contributed by atoms with Crippen molar-refractivity contribution in [2.45, 2.75) is 38.4 Å². The summed E-state index contributed by atoms with van der Waals surface area (Å²) in [5, 5.41) is 11.5. The van der Waals surface area contributed by atoms with Crippen LogP contribution in [0, 0.1) is 11.3 Å².